The number of rotatable bonds is 5. The minimum atomic E-state index is 0.539. The highest BCUT2D eigenvalue weighted by molar-refractivity contribution is 5.14. The first kappa shape index (κ1) is 14.5. The predicted molar refractivity (Wildman–Crippen MR) is 81.9 cm³/mol. The Labute approximate surface area is 118 Å². The zero-order valence-corrected chi connectivity index (χ0v) is 12.4. The van der Waals surface area contributed by atoms with E-state index in [1.165, 1.54) is 31.2 Å². The van der Waals surface area contributed by atoms with Crippen molar-refractivity contribution in [3.63, 3.8) is 0 Å². The minimum Gasteiger partial charge on any atom is -0.329 e. The lowest BCUT2D eigenvalue weighted by molar-refractivity contribution is 0.103. The van der Waals surface area contributed by atoms with Gasteiger partial charge in [-0.25, -0.2) is 0 Å². The molecule has 2 heteroatoms. The largest absolute Gasteiger partial charge is 0.329 e. The first-order chi connectivity index (χ1) is 9.11. The number of hydrogen-bond donors (Lipinski definition) is 1. The standard InChI is InChI=1S/C17H28N2/c1-17(2)10-8-16(9-11-17)19(13-12-18)14-15-6-4-3-5-7-15/h3-7,16H,8-14,18H2,1-2H3. The van der Waals surface area contributed by atoms with Gasteiger partial charge in [0.15, 0.2) is 0 Å². The van der Waals surface area contributed by atoms with Gasteiger partial charge in [0.2, 0.25) is 0 Å². The first-order valence-corrected chi connectivity index (χ1v) is 7.59. The van der Waals surface area contributed by atoms with Crippen LogP contribution in [0.25, 0.3) is 0 Å². The molecule has 0 spiro atoms. The highest BCUT2D eigenvalue weighted by atomic mass is 15.2. The summed E-state index contributed by atoms with van der Waals surface area (Å²) in [5, 5.41) is 0. The Hall–Kier alpha value is -0.860. The molecule has 1 aliphatic carbocycles. The van der Waals surface area contributed by atoms with Gasteiger partial charge in [0.25, 0.3) is 0 Å². The van der Waals surface area contributed by atoms with E-state index in [9.17, 15) is 0 Å². The van der Waals surface area contributed by atoms with Crippen molar-refractivity contribution < 1.29 is 0 Å². The Morgan fingerprint density at radius 1 is 1.16 bits per heavy atom. The molecular formula is C17H28N2. The van der Waals surface area contributed by atoms with E-state index in [4.69, 9.17) is 5.73 Å². The van der Waals surface area contributed by atoms with Crippen molar-refractivity contribution in [2.45, 2.75) is 52.1 Å². The summed E-state index contributed by atoms with van der Waals surface area (Å²) in [6.07, 6.45) is 5.32. The Balaban J connectivity index is 1.96. The van der Waals surface area contributed by atoms with Crippen LogP contribution in [0.3, 0.4) is 0 Å². The number of benzene rings is 1. The van der Waals surface area contributed by atoms with Gasteiger partial charge in [0.05, 0.1) is 0 Å². The summed E-state index contributed by atoms with van der Waals surface area (Å²) in [6.45, 7) is 7.61. The van der Waals surface area contributed by atoms with Crippen LogP contribution in [0.1, 0.15) is 45.1 Å². The Kier molecular flexibility index (Phi) is 5.00. The van der Waals surface area contributed by atoms with E-state index < -0.39 is 0 Å². The van der Waals surface area contributed by atoms with E-state index in [-0.39, 0.29) is 0 Å². The molecule has 0 atom stereocenters. The summed E-state index contributed by atoms with van der Waals surface area (Å²) < 4.78 is 0. The van der Waals surface area contributed by atoms with E-state index in [1.54, 1.807) is 0 Å². The smallest absolute Gasteiger partial charge is 0.0237 e. The molecule has 1 aliphatic rings. The molecule has 1 saturated carbocycles. The molecule has 0 bridgehead atoms. The summed E-state index contributed by atoms with van der Waals surface area (Å²) in [6, 6.07) is 11.5. The molecule has 0 heterocycles. The molecule has 0 radical (unpaired) electrons. The summed E-state index contributed by atoms with van der Waals surface area (Å²) in [5.74, 6) is 0. The molecule has 2 rings (SSSR count). The Morgan fingerprint density at radius 3 is 2.37 bits per heavy atom. The molecule has 1 aromatic rings. The van der Waals surface area contributed by atoms with Crippen LogP contribution in [-0.4, -0.2) is 24.0 Å². The average molecular weight is 260 g/mol. The zero-order valence-electron chi connectivity index (χ0n) is 12.4. The second-order valence-corrected chi connectivity index (χ2v) is 6.64. The maximum absolute atomic E-state index is 5.80. The van der Waals surface area contributed by atoms with E-state index in [1.807, 2.05) is 0 Å². The normalized spacial score (nSPS) is 19.8. The number of nitrogens with two attached hydrogens (primary N) is 1. The molecule has 0 aromatic heterocycles. The van der Waals surface area contributed by atoms with Gasteiger partial charge < -0.3 is 5.73 Å². The first-order valence-electron chi connectivity index (χ1n) is 7.59. The Bertz CT molecular complexity index is 362. The second-order valence-electron chi connectivity index (χ2n) is 6.64. The van der Waals surface area contributed by atoms with Crippen LogP contribution < -0.4 is 5.73 Å². The quantitative estimate of drug-likeness (QED) is 0.879. The number of nitrogens with zero attached hydrogens (tertiary/aromatic N) is 1. The van der Waals surface area contributed by atoms with Gasteiger partial charge in [-0.05, 0) is 36.7 Å². The summed E-state index contributed by atoms with van der Waals surface area (Å²) >= 11 is 0. The van der Waals surface area contributed by atoms with Gasteiger partial charge in [0, 0.05) is 25.7 Å². The third kappa shape index (κ3) is 4.32. The van der Waals surface area contributed by atoms with Crippen molar-refractivity contribution in [3.8, 4) is 0 Å². The van der Waals surface area contributed by atoms with Crippen LogP contribution in [0.15, 0.2) is 30.3 Å². The highest BCUT2D eigenvalue weighted by Crippen LogP contribution is 2.37. The molecule has 1 fully saturated rings. The lowest BCUT2D eigenvalue weighted by Crippen LogP contribution is -2.41. The van der Waals surface area contributed by atoms with Gasteiger partial charge in [-0.2, -0.15) is 0 Å². The summed E-state index contributed by atoms with van der Waals surface area (Å²) in [5.41, 5.74) is 7.74. The lowest BCUT2D eigenvalue weighted by atomic mass is 9.75. The monoisotopic (exact) mass is 260 g/mol. The maximum atomic E-state index is 5.80. The third-order valence-corrected chi connectivity index (χ3v) is 4.47. The molecule has 0 amide bonds. The van der Waals surface area contributed by atoms with Crippen molar-refractivity contribution in [2.75, 3.05) is 13.1 Å². The second kappa shape index (κ2) is 6.53. The number of hydrogen-bond acceptors (Lipinski definition) is 2. The van der Waals surface area contributed by atoms with Crippen molar-refractivity contribution in [2.24, 2.45) is 11.1 Å². The fraction of sp³-hybridized carbons (Fsp3) is 0.647. The molecule has 2 N–H and O–H groups in total. The zero-order chi connectivity index (χ0) is 13.7. The molecule has 0 aliphatic heterocycles. The van der Waals surface area contributed by atoms with E-state index in [0.29, 0.717) is 5.41 Å². The van der Waals surface area contributed by atoms with Crippen LogP contribution in [0, 0.1) is 5.41 Å². The van der Waals surface area contributed by atoms with Gasteiger partial charge in [0.1, 0.15) is 0 Å². The van der Waals surface area contributed by atoms with E-state index in [2.05, 4.69) is 49.1 Å². The van der Waals surface area contributed by atoms with Crippen LogP contribution in [-0.2, 0) is 6.54 Å². The molecule has 106 valence electrons. The molecular weight excluding hydrogens is 232 g/mol. The summed E-state index contributed by atoms with van der Waals surface area (Å²) in [7, 11) is 0. The maximum Gasteiger partial charge on any atom is 0.0237 e. The van der Waals surface area contributed by atoms with Crippen LogP contribution >= 0.6 is 0 Å². The van der Waals surface area contributed by atoms with E-state index >= 15 is 0 Å². The topological polar surface area (TPSA) is 29.3 Å². The van der Waals surface area contributed by atoms with Crippen LogP contribution in [0.5, 0.6) is 0 Å². The van der Waals surface area contributed by atoms with Crippen LogP contribution in [0.2, 0.25) is 0 Å². The summed E-state index contributed by atoms with van der Waals surface area (Å²) in [4.78, 5) is 2.59. The molecule has 0 unspecified atom stereocenters. The van der Waals surface area contributed by atoms with Crippen molar-refractivity contribution in [1.29, 1.82) is 0 Å². The fourth-order valence-corrected chi connectivity index (χ4v) is 3.12. The predicted octanol–water partition coefficient (Wildman–Crippen LogP) is 3.42. The lowest BCUT2D eigenvalue weighted by Gasteiger charge is -2.40. The third-order valence-electron chi connectivity index (χ3n) is 4.47. The van der Waals surface area contributed by atoms with Gasteiger partial charge in [-0.3, -0.25) is 4.90 Å². The molecule has 0 saturated heterocycles. The van der Waals surface area contributed by atoms with Crippen molar-refractivity contribution in [1.82, 2.24) is 4.90 Å². The highest BCUT2D eigenvalue weighted by Gasteiger charge is 2.29. The van der Waals surface area contributed by atoms with Gasteiger partial charge in [-0.15, -0.1) is 0 Å². The fourth-order valence-electron chi connectivity index (χ4n) is 3.12. The molecule has 2 nitrogen and oxygen atoms in total. The van der Waals surface area contributed by atoms with Crippen molar-refractivity contribution >= 4 is 0 Å². The molecule has 1 aromatic carbocycles. The SMILES string of the molecule is CC1(C)CCC(N(CCN)Cc2ccccc2)CC1. The average Bonchev–Trinajstić information content (AvgIpc) is 2.39. The minimum absolute atomic E-state index is 0.539. The molecule has 19 heavy (non-hydrogen) atoms. The van der Waals surface area contributed by atoms with Gasteiger partial charge >= 0.3 is 0 Å². The Morgan fingerprint density at radius 2 is 1.79 bits per heavy atom. The van der Waals surface area contributed by atoms with Gasteiger partial charge in [-0.1, -0.05) is 44.2 Å². The van der Waals surface area contributed by atoms with Crippen LogP contribution in [0.4, 0.5) is 0 Å². The van der Waals surface area contributed by atoms with Crippen molar-refractivity contribution in [3.05, 3.63) is 35.9 Å². The van der Waals surface area contributed by atoms with E-state index in [0.717, 1.165) is 25.7 Å².